The molecule has 1 saturated heterocycles. The number of anilines is 1. The van der Waals surface area contributed by atoms with Gasteiger partial charge in [-0.1, -0.05) is 11.6 Å². The fraction of sp³-hybridized carbons (Fsp3) is 0.438. The number of carbonyl (C=O) groups excluding carboxylic acids is 3. The highest BCUT2D eigenvalue weighted by Crippen LogP contribution is 2.27. The quantitative estimate of drug-likeness (QED) is 0.412. The number of hydrogen-bond acceptors (Lipinski definition) is 6. The van der Waals surface area contributed by atoms with Gasteiger partial charge >= 0.3 is 11.8 Å². The molecule has 0 radical (unpaired) electrons. The van der Waals surface area contributed by atoms with Crippen LogP contribution in [0.25, 0.3) is 0 Å². The summed E-state index contributed by atoms with van der Waals surface area (Å²) in [6.45, 7) is 2.61. The van der Waals surface area contributed by atoms with Crippen LogP contribution >= 0.6 is 11.6 Å². The maximum absolute atomic E-state index is 12.7. The van der Waals surface area contributed by atoms with Crippen molar-refractivity contribution in [1.29, 1.82) is 0 Å². The van der Waals surface area contributed by atoms with Crippen LogP contribution in [-0.4, -0.2) is 69.8 Å². The van der Waals surface area contributed by atoms with E-state index in [0.717, 1.165) is 0 Å². The van der Waals surface area contributed by atoms with Gasteiger partial charge < -0.3 is 20.7 Å². The average molecular weight is 433 g/mol. The molecule has 1 aromatic rings. The number of amides is 3. The van der Waals surface area contributed by atoms with Crippen LogP contribution < -0.4 is 16.0 Å². The van der Waals surface area contributed by atoms with Crippen molar-refractivity contribution in [2.75, 3.05) is 44.7 Å². The summed E-state index contributed by atoms with van der Waals surface area (Å²) in [5.74, 6) is -2.21. The monoisotopic (exact) mass is 432 g/mol. The normalized spacial score (nSPS) is 14.9. The summed E-state index contributed by atoms with van der Waals surface area (Å²) in [5, 5.41) is 7.17. The minimum Gasteiger partial charge on any atom is -0.379 e. The smallest absolute Gasteiger partial charge is 0.313 e. The van der Waals surface area contributed by atoms with E-state index in [9.17, 15) is 22.8 Å². The fourth-order valence-corrected chi connectivity index (χ4v) is 3.97. The molecule has 1 heterocycles. The Kier molecular flexibility index (Phi) is 7.75. The predicted octanol–water partition coefficient (Wildman–Crippen LogP) is -0.448. The van der Waals surface area contributed by atoms with E-state index in [0.29, 0.717) is 13.2 Å². The number of carbonyl (C=O) groups is 3. The van der Waals surface area contributed by atoms with E-state index >= 15 is 0 Å². The van der Waals surface area contributed by atoms with Crippen molar-refractivity contribution in [2.24, 2.45) is 0 Å². The molecular formula is C16H21ClN4O6S. The van der Waals surface area contributed by atoms with Gasteiger partial charge in [-0.15, -0.1) is 0 Å². The second-order valence-electron chi connectivity index (χ2n) is 5.85. The molecule has 154 valence electrons. The Morgan fingerprint density at radius 1 is 1.11 bits per heavy atom. The molecule has 0 atom stereocenters. The number of nitrogens with zero attached hydrogens (tertiary/aromatic N) is 1. The topological polar surface area (TPSA) is 134 Å². The zero-order chi connectivity index (χ0) is 20.7. The summed E-state index contributed by atoms with van der Waals surface area (Å²) in [7, 11) is -3.78. The van der Waals surface area contributed by atoms with Crippen LogP contribution in [0.2, 0.25) is 5.02 Å². The minimum atomic E-state index is -3.78. The van der Waals surface area contributed by atoms with Gasteiger partial charge in [-0.2, -0.15) is 4.31 Å². The summed E-state index contributed by atoms with van der Waals surface area (Å²) in [4.78, 5) is 34.5. The Morgan fingerprint density at radius 3 is 2.39 bits per heavy atom. The molecule has 0 bridgehead atoms. The average Bonchev–Trinajstić information content (AvgIpc) is 2.67. The van der Waals surface area contributed by atoms with Crippen LogP contribution in [0.1, 0.15) is 6.92 Å². The first-order valence-corrected chi connectivity index (χ1v) is 10.2. The highest BCUT2D eigenvalue weighted by molar-refractivity contribution is 7.89. The molecule has 0 saturated carbocycles. The van der Waals surface area contributed by atoms with E-state index in [4.69, 9.17) is 16.3 Å². The van der Waals surface area contributed by atoms with E-state index in [1.807, 2.05) is 0 Å². The lowest BCUT2D eigenvalue weighted by Crippen LogP contribution is -2.40. The Morgan fingerprint density at radius 2 is 1.75 bits per heavy atom. The zero-order valence-electron chi connectivity index (χ0n) is 15.2. The fourth-order valence-electron chi connectivity index (χ4n) is 2.37. The SMILES string of the molecule is CC(=O)NCCNC(=O)C(=O)Nc1cc(S(=O)(=O)N2CCOCC2)ccc1Cl. The number of halogens is 1. The number of benzene rings is 1. The number of ether oxygens (including phenoxy) is 1. The molecule has 1 aliphatic rings. The minimum absolute atomic E-state index is 0.00184. The molecule has 0 aliphatic carbocycles. The van der Waals surface area contributed by atoms with Crippen LogP contribution in [0.4, 0.5) is 5.69 Å². The van der Waals surface area contributed by atoms with Crippen molar-refractivity contribution < 1.29 is 27.5 Å². The molecule has 0 unspecified atom stereocenters. The predicted molar refractivity (Wildman–Crippen MR) is 101 cm³/mol. The second-order valence-corrected chi connectivity index (χ2v) is 8.20. The van der Waals surface area contributed by atoms with E-state index in [1.165, 1.54) is 29.4 Å². The summed E-state index contributed by atoms with van der Waals surface area (Å²) in [6, 6.07) is 3.87. The van der Waals surface area contributed by atoms with Gasteiger partial charge in [-0.3, -0.25) is 14.4 Å². The molecular weight excluding hydrogens is 412 g/mol. The highest BCUT2D eigenvalue weighted by Gasteiger charge is 2.27. The summed E-state index contributed by atoms with van der Waals surface area (Å²) >= 11 is 6.02. The first kappa shape index (κ1) is 22.1. The van der Waals surface area contributed by atoms with Crippen LogP contribution in [0.5, 0.6) is 0 Å². The van der Waals surface area contributed by atoms with Crippen molar-refractivity contribution in [3.8, 4) is 0 Å². The third-order valence-corrected chi connectivity index (χ3v) is 6.01. The van der Waals surface area contributed by atoms with E-state index < -0.39 is 21.8 Å². The van der Waals surface area contributed by atoms with Crippen LogP contribution in [0, 0.1) is 0 Å². The lowest BCUT2D eigenvalue weighted by Gasteiger charge is -2.26. The lowest BCUT2D eigenvalue weighted by atomic mass is 10.3. The second kappa shape index (κ2) is 9.82. The lowest BCUT2D eigenvalue weighted by molar-refractivity contribution is -0.136. The standard InChI is InChI=1S/C16H21ClN4O6S/c1-11(22)18-4-5-19-15(23)16(24)20-14-10-12(2-3-13(14)17)28(25,26)21-6-8-27-9-7-21/h2-3,10H,4-9H2,1H3,(H,18,22)(H,19,23)(H,20,24). The number of morpholine rings is 1. The first-order valence-electron chi connectivity index (χ1n) is 8.43. The maximum atomic E-state index is 12.7. The van der Waals surface area contributed by atoms with Crippen molar-refractivity contribution in [3.05, 3.63) is 23.2 Å². The molecule has 2 rings (SSSR count). The van der Waals surface area contributed by atoms with Crippen LogP contribution in [0.15, 0.2) is 23.1 Å². The Balaban J connectivity index is 2.05. The van der Waals surface area contributed by atoms with Crippen LogP contribution in [0.3, 0.4) is 0 Å². The summed E-state index contributed by atoms with van der Waals surface area (Å²) in [5.41, 5.74) is -0.00184. The molecule has 12 heteroatoms. The first-order chi connectivity index (χ1) is 13.2. The van der Waals surface area contributed by atoms with Gasteiger partial charge in [-0.25, -0.2) is 8.42 Å². The number of sulfonamides is 1. The number of rotatable bonds is 6. The van der Waals surface area contributed by atoms with Gasteiger partial charge in [0.2, 0.25) is 15.9 Å². The maximum Gasteiger partial charge on any atom is 0.313 e. The summed E-state index contributed by atoms with van der Waals surface area (Å²) < 4.78 is 31.8. The highest BCUT2D eigenvalue weighted by atomic mass is 35.5. The molecule has 3 amide bonds. The molecule has 1 fully saturated rings. The van der Waals surface area contributed by atoms with E-state index in [2.05, 4.69) is 16.0 Å². The molecule has 0 aromatic heterocycles. The Labute approximate surface area is 167 Å². The Bertz CT molecular complexity index is 855. The largest absolute Gasteiger partial charge is 0.379 e. The molecule has 10 nitrogen and oxygen atoms in total. The van der Waals surface area contributed by atoms with Crippen molar-refractivity contribution in [2.45, 2.75) is 11.8 Å². The number of hydrogen-bond donors (Lipinski definition) is 3. The van der Waals surface area contributed by atoms with Crippen molar-refractivity contribution in [3.63, 3.8) is 0 Å². The third-order valence-electron chi connectivity index (χ3n) is 3.78. The van der Waals surface area contributed by atoms with Crippen LogP contribution in [-0.2, 0) is 29.1 Å². The van der Waals surface area contributed by atoms with Gasteiger partial charge in [0.15, 0.2) is 0 Å². The van der Waals surface area contributed by atoms with Gasteiger partial charge in [0.25, 0.3) is 0 Å². The molecule has 1 aliphatic heterocycles. The molecule has 0 spiro atoms. The molecule has 28 heavy (non-hydrogen) atoms. The Hall–Kier alpha value is -2.21. The van der Waals surface area contributed by atoms with Crippen molar-refractivity contribution >= 4 is 45.0 Å². The molecule has 1 aromatic carbocycles. The molecule has 3 N–H and O–H groups in total. The number of nitrogens with one attached hydrogen (secondary N) is 3. The zero-order valence-corrected chi connectivity index (χ0v) is 16.7. The van der Waals surface area contributed by atoms with Gasteiger partial charge in [-0.05, 0) is 18.2 Å². The van der Waals surface area contributed by atoms with Crippen molar-refractivity contribution in [1.82, 2.24) is 14.9 Å². The van der Waals surface area contributed by atoms with Gasteiger partial charge in [0.05, 0.1) is 28.8 Å². The van der Waals surface area contributed by atoms with E-state index in [-0.39, 0.29) is 47.7 Å². The van der Waals surface area contributed by atoms with Gasteiger partial charge in [0.1, 0.15) is 0 Å². The third kappa shape index (κ3) is 5.89. The van der Waals surface area contributed by atoms with Gasteiger partial charge in [0, 0.05) is 33.1 Å². The summed E-state index contributed by atoms with van der Waals surface area (Å²) in [6.07, 6.45) is 0. The van der Waals surface area contributed by atoms with E-state index in [1.54, 1.807) is 0 Å².